The molecule has 2 aromatic carbocycles. The third-order valence-electron chi connectivity index (χ3n) is 3.63. The fourth-order valence-electron chi connectivity index (χ4n) is 2.50. The Morgan fingerprint density at radius 2 is 1.90 bits per heavy atom. The number of anilines is 1. The smallest absolute Gasteiger partial charge is 0.162 e. The second kappa shape index (κ2) is 5.95. The maximum absolute atomic E-state index is 5.52. The standard InChI is InChI=1S/C17H19NO3/c1-19-16-6-4-14(10-17(16)20-2)18-11-12-3-5-15-13(9-12)7-8-21-15/h3-6,9-10,18H,7-8,11H2,1-2H3. The Bertz CT molecular complexity index is 640. The van der Waals surface area contributed by atoms with Crippen LogP contribution in [0.2, 0.25) is 0 Å². The average molecular weight is 285 g/mol. The summed E-state index contributed by atoms with van der Waals surface area (Å²) in [6, 6.07) is 12.2. The summed E-state index contributed by atoms with van der Waals surface area (Å²) < 4.78 is 16.1. The summed E-state index contributed by atoms with van der Waals surface area (Å²) >= 11 is 0. The van der Waals surface area contributed by atoms with Gasteiger partial charge in [-0.25, -0.2) is 0 Å². The lowest BCUT2D eigenvalue weighted by Crippen LogP contribution is -2.00. The summed E-state index contributed by atoms with van der Waals surface area (Å²) in [5.41, 5.74) is 3.54. The zero-order chi connectivity index (χ0) is 14.7. The molecule has 0 saturated heterocycles. The van der Waals surface area contributed by atoms with Gasteiger partial charge in [-0.3, -0.25) is 0 Å². The molecule has 0 unspecified atom stereocenters. The Morgan fingerprint density at radius 3 is 2.71 bits per heavy atom. The van der Waals surface area contributed by atoms with E-state index in [0.717, 1.165) is 42.5 Å². The van der Waals surface area contributed by atoms with Gasteiger partial charge in [0.15, 0.2) is 11.5 Å². The number of hydrogen-bond donors (Lipinski definition) is 1. The number of methoxy groups -OCH3 is 2. The molecule has 0 spiro atoms. The van der Waals surface area contributed by atoms with Gasteiger partial charge in [0, 0.05) is 24.7 Å². The third kappa shape index (κ3) is 2.89. The summed E-state index contributed by atoms with van der Waals surface area (Å²) in [5, 5.41) is 3.40. The Kier molecular flexibility index (Phi) is 3.86. The van der Waals surface area contributed by atoms with E-state index in [1.54, 1.807) is 14.2 Å². The number of ether oxygens (including phenoxy) is 3. The second-order valence-corrected chi connectivity index (χ2v) is 4.96. The van der Waals surface area contributed by atoms with Gasteiger partial charge in [-0.15, -0.1) is 0 Å². The summed E-state index contributed by atoms with van der Waals surface area (Å²) in [4.78, 5) is 0. The van der Waals surface area contributed by atoms with Gasteiger partial charge < -0.3 is 19.5 Å². The van der Waals surface area contributed by atoms with Crippen LogP contribution >= 0.6 is 0 Å². The van der Waals surface area contributed by atoms with Crippen molar-refractivity contribution in [1.29, 1.82) is 0 Å². The molecule has 0 atom stereocenters. The molecule has 1 aliphatic rings. The molecule has 21 heavy (non-hydrogen) atoms. The summed E-state index contributed by atoms with van der Waals surface area (Å²) in [5.74, 6) is 2.48. The SMILES string of the molecule is COc1ccc(NCc2ccc3c(c2)CCO3)cc1OC. The minimum atomic E-state index is 0.727. The van der Waals surface area contributed by atoms with Gasteiger partial charge in [-0.2, -0.15) is 0 Å². The summed E-state index contributed by atoms with van der Waals surface area (Å²) in [6.07, 6.45) is 1.000. The lowest BCUT2D eigenvalue weighted by molar-refractivity contribution is 0.355. The van der Waals surface area contributed by atoms with E-state index in [2.05, 4.69) is 17.4 Å². The lowest BCUT2D eigenvalue weighted by atomic mass is 10.1. The third-order valence-corrected chi connectivity index (χ3v) is 3.63. The monoisotopic (exact) mass is 285 g/mol. The van der Waals surface area contributed by atoms with Crippen LogP contribution < -0.4 is 19.5 Å². The van der Waals surface area contributed by atoms with Crippen LogP contribution in [0.15, 0.2) is 36.4 Å². The number of rotatable bonds is 5. The highest BCUT2D eigenvalue weighted by Gasteiger charge is 2.12. The van der Waals surface area contributed by atoms with Crippen molar-refractivity contribution in [3.8, 4) is 17.2 Å². The minimum Gasteiger partial charge on any atom is -0.493 e. The Hall–Kier alpha value is -2.36. The normalized spacial score (nSPS) is 12.5. The second-order valence-electron chi connectivity index (χ2n) is 4.96. The fraction of sp³-hybridized carbons (Fsp3) is 0.294. The number of benzene rings is 2. The first-order chi connectivity index (χ1) is 10.3. The largest absolute Gasteiger partial charge is 0.493 e. The van der Waals surface area contributed by atoms with Crippen molar-refractivity contribution in [2.45, 2.75) is 13.0 Å². The number of nitrogens with one attached hydrogen (secondary N) is 1. The zero-order valence-electron chi connectivity index (χ0n) is 12.3. The van der Waals surface area contributed by atoms with E-state index in [9.17, 15) is 0 Å². The maximum atomic E-state index is 5.52. The van der Waals surface area contributed by atoms with Crippen LogP contribution in [0.1, 0.15) is 11.1 Å². The molecule has 0 saturated carbocycles. The number of hydrogen-bond acceptors (Lipinski definition) is 4. The maximum Gasteiger partial charge on any atom is 0.162 e. The summed E-state index contributed by atoms with van der Waals surface area (Å²) in [7, 11) is 3.28. The molecule has 0 fully saturated rings. The van der Waals surface area contributed by atoms with Crippen LogP contribution in [0.25, 0.3) is 0 Å². The van der Waals surface area contributed by atoms with Gasteiger partial charge in [-0.1, -0.05) is 12.1 Å². The van der Waals surface area contributed by atoms with Crippen molar-refractivity contribution in [3.63, 3.8) is 0 Å². The van der Waals surface area contributed by atoms with Gasteiger partial charge in [0.2, 0.25) is 0 Å². The predicted octanol–water partition coefficient (Wildman–Crippen LogP) is 3.25. The van der Waals surface area contributed by atoms with E-state index in [-0.39, 0.29) is 0 Å². The van der Waals surface area contributed by atoms with Crippen LogP contribution in [-0.2, 0) is 13.0 Å². The van der Waals surface area contributed by atoms with Crippen molar-refractivity contribution < 1.29 is 14.2 Å². The van der Waals surface area contributed by atoms with Crippen LogP contribution in [0.4, 0.5) is 5.69 Å². The lowest BCUT2D eigenvalue weighted by Gasteiger charge is -2.11. The van der Waals surface area contributed by atoms with Crippen LogP contribution in [0.5, 0.6) is 17.2 Å². The van der Waals surface area contributed by atoms with Gasteiger partial charge in [0.25, 0.3) is 0 Å². The average Bonchev–Trinajstić information content (AvgIpc) is 3.00. The molecule has 1 aliphatic heterocycles. The molecule has 4 nitrogen and oxygen atoms in total. The van der Waals surface area contributed by atoms with E-state index in [4.69, 9.17) is 14.2 Å². The van der Waals surface area contributed by atoms with E-state index in [1.165, 1.54) is 11.1 Å². The highest BCUT2D eigenvalue weighted by molar-refractivity contribution is 5.55. The predicted molar refractivity (Wildman–Crippen MR) is 82.5 cm³/mol. The van der Waals surface area contributed by atoms with Crippen molar-refractivity contribution in [2.24, 2.45) is 0 Å². The van der Waals surface area contributed by atoms with E-state index >= 15 is 0 Å². The van der Waals surface area contributed by atoms with Crippen LogP contribution in [-0.4, -0.2) is 20.8 Å². The van der Waals surface area contributed by atoms with Gasteiger partial charge in [-0.05, 0) is 29.3 Å². The molecular formula is C17H19NO3. The van der Waals surface area contributed by atoms with Crippen molar-refractivity contribution in [1.82, 2.24) is 0 Å². The summed E-state index contributed by atoms with van der Waals surface area (Å²) in [6.45, 7) is 1.56. The molecule has 0 radical (unpaired) electrons. The molecule has 0 bridgehead atoms. The van der Waals surface area contributed by atoms with Crippen molar-refractivity contribution >= 4 is 5.69 Å². The molecule has 0 amide bonds. The fourth-order valence-corrected chi connectivity index (χ4v) is 2.50. The molecule has 4 heteroatoms. The van der Waals surface area contributed by atoms with Crippen molar-refractivity contribution in [2.75, 3.05) is 26.1 Å². The van der Waals surface area contributed by atoms with Crippen LogP contribution in [0.3, 0.4) is 0 Å². The quantitative estimate of drug-likeness (QED) is 0.915. The Balaban J connectivity index is 1.70. The minimum absolute atomic E-state index is 0.727. The molecule has 0 aromatic heterocycles. The molecule has 1 N–H and O–H groups in total. The highest BCUT2D eigenvalue weighted by atomic mass is 16.5. The molecule has 1 heterocycles. The zero-order valence-corrected chi connectivity index (χ0v) is 12.3. The molecule has 110 valence electrons. The van der Waals surface area contributed by atoms with Gasteiger partial charge >= 0.3 is 0 Å². The van der Waals surface area contributed by atoms with E-state index < -0.39 is 0 Å². The molecule has 0 aliphatic carbocycles. The topological polar surface area (TPSA) is 39.7 Å². The van der Waals surface area contributed by atoms with Crippen LogP contribution in [0, 0.1) is 0 Å². The first-order valence-corrected chi connectivity index (χ1v) is 7.00. The van der Waals surface area contributed by atoms with Gasteiger partial charge in [0.1, 0.15) is 5.75 Å². The molecular weight excluding hydrogens is 266 g/mol. The Labute approximate surface area is 124 Å². The van der Waals surface area contributed by atoms with E-state index in [1.807, 2.05) is 24.3 Å². The molecule has 2 aromatic rings. The first-order valence-electron chi connectivity index (χ1n) is 7.00. The van der Waals surface area contributed by atoms with Crippen molar-refractivity contribution in [3.05, 3.63) is 47.5 Å². The first kappa shape index (κ1) is 13.6. The highest BCUT2D eigenvalue weighted by Crippen LogP contribution is 2.30. The Morgan fingerprint density at radius 1 is 1.05 bits per heavy atom. The van der Waals surface area contributed by atoms with E-state index in [0.29, 0.717) is 0 Å². The van der Waals surface area contributed by atoms with Gasteiger partial charge in [0.05, 0.1) is 20.8 Å². The molecule has 3 rings (SSSR count). The number of fused-ring (bicyclic) bond motifs is 1.